The number of anilines is 4. The van der Waals surface area contributed by atoms with Gasteiger partial charge in [-0.25, -0.2) is 4.98 Å². The minimum atomic E-state index is -0.353. The first kappa shape index (κ1) is 28.2. The van der Waals surface area contributed by atoms with Crippen molar-refractivity contribution in [3.63, 3.8) is 0 Å². The molecular formula is C41H34N6O. The van der Waals surface area contributed by atoms with Gasteiger partial charge in [0.2, 0.25) is 0 Å². The first-order valence-electron chi connectivity index (χ1n) is 16.2. The quantitative estimate of drug-likeness (QED) is 0.190. The molecule has 48 heavy (non-hydrogen) atoms. The number of fused-ring (bicyclic) bond motifs is 5. The van der Waals surface area contributed by atoms with Gasteiger partial charge in [-0.3, -0.25) is 9.55 Å². The van der Waals surface area contributed by atoms with E-state index in [1.807, 2.05) is 30.6 Å². The summed E-state index contributed by atoms with van der Waals surface area (Å²) in [4.78, 5) is 16.4. The van der Waals surface area contributed by atoms with E-state index < -0.39 is 0 Å². The third kappa shape index (κ3) is 4.35. The van der Waals surface area contributed by atoms with Gasteiger partial charge in [0, 0.05) is 70.7 Å². The second-order valence-electron chi connectivity index (χ2n) is 13.0. The van der Waals surface area contributed by atoms with Gasteiger partial charge in [0.15, 0.2) is 5.75 Å². The number of hydrogen-bond acceptors (Lipinski definition) is 6. The monoisotopic (exact) mass is 626 g/mol. The molecule has 0 fully saturated rings. The smallest absolute Gasteiger partial charge is 0.173 e. The van der Waals surface area contributed by atoms with E-state index in [1.54, 1.807) is 0 Å². The highest BCUT2D eigenvalue weighted by Gasteiger charge is 2.38. The molecule has 0 saturated carbocycles. The Morgan fingerprint density at radius 1 is 0.708 bits per heavy atom. The van der Waals surface area contributed by atoms with Crippen LogP contribution in [0.5, 0.6) is 11.5 Å². The standard InChI is InChI=1S/C41H34N6O/c1-41(2)33-14-5-7-16-37(33)48-39-35(20-22-43-40(39)41)46(29-12-10-11-28(25-29)45-24-23-44(3)27-45)30-18-19-32-31-13-4-6-15-34(31)47(36(32)26-30)38-17-8-9-21-42-38/h4-26H,27H2,1-3H3. The van der Waals surface area contributed by atoms with Gasteiger partial charge in [0.25, 0.3) is 0 Å². The number of pyridine rings is 2. The van der Waals surface area contributed by atoms with Crippen LogP contribution < -0.4 is 14.5 Å². The summed E-state index contributed by atoms with van der Waals surface area (Å²) in [5.74, 6) is 2.49. The normalized spacial score (nSPS) is 14.6. The average Bonchev–Trinajstić information content (AvgIpc) is 3.70. The minimum Gasteiger partial charge on any atom is -0.453 e. The molecule has 3 aromatic heterocycles. The van der Waals surface area contributed by atoms with E-state index in [4.69, 9.17) is 14.7 Å². The summed E-state index contributed by atoms with van der Waals surface area (Å²) in [5, 5.41) is 2.35. The lowest BCUT2D eigenvalue weighted by Crippen LogP contribution is -2.27. The molecule has 0 amide bonds. The third-order valence-corrected chi connectivity index (χ3v) is 9.58. The van der Waals surface area contributed by atoms with Gasteiger partial charge in [-0.2, -0.15) is 0 Å². The maximum Gasteiger partial charge on any atom is 0.173 e. The number of nitrogens with zero attached hydrogens (tertiary/aromatic N) is 6. The van der Waals surface area contributed by atoms with Crippen molar-refractivity contribution in [3.8, 4) is 17.3 Å². The highest BCUT2D eigenvalue weighted by Crippen LogP contribution is 2.53. The molecular weight excluding hydrogens is 592 g/mol. The molecule has 0 saturated heterocycles. The molecule has 5 heterocycles. The minimum absolute atomic E-state index is 0.353. The summed E-state index contributed by atoms with van der Waals surface area (Å²) in [6.07, 6.45) is 7.98. The van der Waals surface area contributed by atoms with Crippen molar-refractivity contribution in [1.82, 2.24) is 19.4 Å². The first-order valence-corrected chi connectivity index (χ1v) is 16.2. The molecule has 7 heteroatoms. The molecule has 0 unspecified atom stereocenters. The fourth-order valence-electron chi connectivity index (χ4n) is 7.23. The van der Waals surface area contributed by atoms with E-state index in [0.717, 1.165) is 69.0 Å². The predicted octanol–water partition coefficient (Wildman–Crippen LogP) is 9.66. The van der Waals surface area contributed by atoms with Gasteiger partial charge in [-0.05, 0) is 74.5 Å². The summed E-state index contributed by atoms with van der Waals surface area (Å²) >= 11 is 0. The van der Waals surface area contributed by atoms with Crippen LogP contribution in [0.25, 0.3) is 27.6 Å². The Hall–Kier alpha value is -6.08. The van der Waals surface area contributed by atoms with Crippen molar-refractivity contribution < 1.29 is 4.74 Å². The van der Waals surface area contributed by atoms with Gasteiger partial charge in [0.1, 0.15) is 11.6 Å². The molecule has 4 aromatic carbocycles. The average molecular weight is 627 g/mol. The van der Waals surface area contributed by atoms with Crippen LogP contribution in [0, 0.1) is 0 Å². The van der Waals surface area contributed by atoms with Crippen molar-refractivity contribution in [2.24, 2.45) is 0 Å². The van der Waals surface area contributed by atoms with Crippen LogP contribution in [0.1, 0.15) is 25.1 Å². The molecule has 0 spiro atoms. The van der Waals surface area contributed by atoms with Crippen LogP contribution in [-0.4, -0.2) is 33.2 Å². The molecule has 0 atom stereocenters. The molecule has 0 N–H and O–H groups in total. The Labute approximate surface area is 279 Å². The van der Waals surface area contributed by atoms with E-state index in [9.17, 15) is 0 Å². The van der Waals surface area contributed by atoms with Crippen LogP contribution >= 0.6 is 0 Å². The lowest BCUT2D eigenvalue weighted by Gasteiger charge is -2.36. The SMILES string of the molecule is CN1C=CN(c2cccc(N(c3ccc4c5ccccc5n(-c5ccccn5)c4c3)c3ccnc4c3Oc3ccccc3C4(C)C)c2)C1. The van der Waals surface area contributed by atoms with Crippen molar-refractivity contribution >= 4 is 44.6 Å². The Bertz CT molecular complexity index is 2380. The van der Waals surface area contributed by atoms with E-state index in [0.29, 0.717) is 0 Å². The lowest BCUT2D eigenvalue weighted by atomic mass is 9.78. The summed E-state index contributed by atoms with van der Waals surface area (Å²) < 4.78 is 9.05. The number of para-hydroxylation sites is 2. The molecule has 2 aliphatic heterocycles. The zero-order valence-corrected chi connectivity index (χ0v) is 27.1. The summed E-state index contributed by atoms with van der Waals surface area (Å²) in [6, 6.07) is 40.4. The molecule has 234 valence electrons. The van der Waals surface area contributed by atoms with Crippen LogP contribution in [0.15, 0.2) is 140 Å². The number of rotatable bonds is 5. The summed E-state index contributed by atoms with van der Waals surface area (Å²) in [6.45, 7) is 5.24. The molecule has 2 aliphatic rings. The van der Waals surface area contributed by atoms with Gasteiger partial charge in [-0.15, -0.1) is 0 Å². The molecule has 7 aromatic rings. The molecule has 9 rings (SSSR count). The summed E-state index contributed by atoms with van der Waals surface area (Å²) in [5.41, 5.74) is 7.93. The lowest BCUT2D eigenvalue weighted by molar-refractivity contribution is 0.410. The maximum atomic E-state index is 6.79. The van der Waals surface area contributed by atoms with E-state index >= 15 is 0 Å². The second kappa shape index (κ2) is 10.7. The Morgan fingerprint density at radius 2 is 1.52 bits per heavy atom. The van der Waals surface area contributed by atoms with Crippen LogP contribution in [0.3, 0.4) is 0 Å². The first-order chi connectivity index (χ1) is 23.5. The number of aromatic nitrogens is 3. The largest absolute Gasteiger partial charge is 0.453 e. The van der Waals surface area contributed by atoms with Crippen molar-refractivity contribution in [1.29, 1.82) is 0 Å². The van der Waals surface area contributed by atoms with Crippen molar-refractivity contribution in [2.75, 3.05) is 23.5 Å². The molecule has 7 nitrogen and oxygen atoms in total. The highest BCUT2D eigenvalue weighted by atomic mass is 16.5. The van der Waals surface area contributed by atoms with Crippen LogP contribution in [-0.2, 0) is 5.41 Å². The number of hydrogen-bond donors (Lipinski definition) is 0. The summed E-state index contributed by atoms with van der Waals surface area (Å²) in [7, 11) is 2.09. The number of benzene rings is 4. The maximum absolute atomic E-state index is 6.79. The Balaban J connectivity index is 1.30. The second-order valence-corrected chi connectivity index (χ2v) is 13.0. The Morgan fingerprint density at radius 3 is 2.38 bits per heavy atom. The number of ether oxygens (including phenoxy) is 1. The molecule has 0 radical (unpaired) electrons. The fraction of sp³-hybridized carbons (Fsp3) is 0.122. The predicted molar refractivity (Wildman–Crippen MR) is 194 cm³/mol. The Kier molecular flexibility index (Phi) is 6.30. The van der Waals surface area contributed by atoms with Crippen molar-refractivity contribution in [3.05, 3.63) is 151 Å². The molecule has 0 aliphatic carbocycles. The molecule has 0 bridgehead atoms. The highest BCUT2D eigenvalue weighted by molar-refractivity contribution is 6.10. The van der Waals surface area contributed by atoms with E-state index in [1.165, 1.54) is 10.8 Å². The van der Waals surface area contributed by atoms with Crippen LogP contribution in [0.2, 0.25) is 0 Å². The van der Waals surface area contributed by atoms with Crippen molar-refractivity contribution in [2.45, 2.75) is 19.3 Å². The fourth-order valence-corrected chi connectivity index (χ4v) is 7.23. The van der Waals surface area contributed by atoms with Gasteiger partial charge < -0.3 is 19.4 Å². The van der Waals surface area contributed by atoms with Gasteiger partial charge >= 0.3 is 0 Å². The topological polar surface area (TPSA) is 49.7 Å². The van der Waals surface area contributed by atoms with E-state index in [-0.39, 0.29) is 5.41 Å². The van der Waals surface area contributed by atoms with Crippen LogP contribution in [0.4, 0.5) is 22.7 Å². The zero-order valence-electron chi connectivity index (χ0n) is 27.1. The third-order valence-electron chi connectivity index (χ3n) is 9.58. The zero-order chi connectivity index (χ0) is 32.4. The van der Waals surface area contributed by atoms with Gasteiger partial charge in [0.05, 0.1) is 29.1 Å². The van der Waals surface area contributed by atoms with Gasteiger partial charge in [-0.1, -0.05) is 54.6 Å². The van der Waals surface area contributed by atoms with E-state index in [2.05, 4.69) is 150 Å².